The SMILES string of the molecule is Cc1ccc(C)c(S(=O)(=O)N=Nc2c(O)n(Cc3ccccc3Cl)c3ccccc23)c1. The first-order valence-corrected chi connectivity index (χ1v) is 11.4. The molecule has 4 aromatic rings. The van der Waals surface area contributed by atoms with Crippen molar-refractivity contribution in [2.45, 2.75) is 25.3 Å². The van der Waals surface area contributed by atoms with E-state index in [0.29, 0.717) is 28.0 Å². The van der Waals surface area contributed by atoms with E-state index in [1.54, 1.807) is 41.8 Å². The van der Waals surface area contributed by atoms with E-state index in [1.165, 1.54) is 0 Å². The van der Waals surface area contributed by atoms with Gasteiger partial charge in [-0.25, -0.2) is 0 Å². The molecule has 0 radical (unpaired) electrons. The normalized spacial score (nSPS) is 12.1. The Labute approximate surface area is 185 Å². The molecule has 0 aliphatic rings. The summed E-state index contributed by atoms with van der Waals surface area (Å²) in [5.41, 5.74) is 2.98. The number of aromatic hydroxyl groups is 1. The Morgan fingerprint density at radius 2 is 1.71 bits per heavy atom. The molecule has 1 aromatic heterocycles. The van der Waals surface area contributed by atoms with Crippen LogP contribution in [0.4, 0.5) is 5.69 Å². The summed E-state index contributed by atoms with van der Waals surface area (Å²) in [5.74, 6) is -0.180. The summed E-state index contributed by atoms with van der Waals surface area (Å²) in [6.45, 7) is 3.81. The van der Waals surface area contributed by atoms with Crippen molar-refractivity contribution in [1.82, 2.24) is 4.57 Å². The molecule has 0 fully saturated rings. The van der Waals surface area contributed by atoms with Gasteiger partial charge in [0.05, 0.1) is 17.0 Å². The molecule has 0 aliphatic heterocycles. The average Bonchev–Trinajstić information content (AvgIpc) is 3.01. The van der Waals surface area contributed by atoms with Gasteiger partial charge in [0, 0.05) is 10.4 Å². The summed E-state index contributed by atoms with van der Waals surface area (Å²) >= 11 is 6.28. The lowest BCUT2D eigenvalue weighted by Gasteiger charge is -2.08. The molecule has 6 nitrogen and oxygen atoms in total. The molecule has 0 saturated carbocycles. The van der Waals surface area contributed by atoms with E-state index >= 15 is 0 Å². The van der Waals surface area contributed by atoms with E-state index in [4.69, 9.17) is 11.6 Å². The van der Waals surface area contributed by atoms with Crippen LogP contribution in [0.1, 0.15) is 16.7 Å². The van der Waals surface area contributed by atoms with Gasteiger partial charge < -0.3 is 9.67 Å². The molecular weight excluding hydrogens is 434 g/mol. The molecule has 4 rings (SSSR count). The Morgan fingerprint density at radius 3 is 2.48 bits per heavy atom. The Bertz CT molecular complexity index is 1430. The van der Waals surface area contributed by atoms with Crippen LogP contribution in [0, 0.1) is 13.8 Å². The van der Waals surface area contributed by atoms with E-state index in [1.807, 2.05) is 43.3 Å². The van der Waals surface area contributed by atoms with E-state index < -0.39 is 10.0 Å². The first-order valence-electron chi connectivity index (χ1n) is 9.57. The molecule has 0 aliphatic carbocycles. The van der Waals surface area contributed by atoms with Crippen molar-refractivity contribution in [1.29, 1.82) is 0 Å². The van der Waals surface area contributed by atoms with Crippen LogP contribution in [0.5, 0.6) is 5.88 Å². The Morgan fingerprint density at radius 1 is 1.00 bits per heavy atom. The van der Waals surface area contributed by atoms with Gasteiger partial charge in [-0.1, -0.05) is 64.7 Å². The van der Waals surface area contributed by atoms with Gasteiger partial charge in [0.25, 0.3) is 10.0 Å². The maximum Gasteiger partial charge on any atom is 0.300 e. The predicted octanol–water partition coefficient (Wildman–Crippen LogP) is 6.14. The third-order valence-electron chi connectivity index (χ3n) is 5.07. The van der Waals surface area contributed by atoms with Gasteiger partial charge in [0.15, 0.2) is 5.69 Å². The van der Waals surface area contributed by atoms with Crippen molar-refractivity contribution < 1.29 is 13.5 Å². The highest BCUT2D eigenvalue weighted by Gasteiger charge is 2.20. The molecule has 0 atom stereocenters. The van der Waals surface area contributed by atoms with Crippen LogP contribution in [0.25, 0.3) is 10.9 Å². The van der Waals surface area contributed by atoms with Gasteiger partial charge in [0.1, 0.15) is 0 Å². The largest absolute Gasteiger partial charge is 0.493 e. The van der Waals surface area contributed by atoms with Crippen LogP contribution in [-0.2, 0) is 16.6 Å². The molecule has 31 heavy (non-hydrogen) atoms. The maximum atomic E-state index is 12.8. The maximum absolute atomic E-state index is 12.8. The van der Waals surface area contributed by atoms with Gasteiger partial charge in [-0.3, -0.25) is 0 Å². The lowest BCUT2D eigenvalue weighted by molar-refractivity contribution is 0.429. The summed E-state index contributed by atoms with van der Waals surface area (Å²) in [6.07, 6.45) is 0. The zero-order chi connectivity index (χ0) is 22.2. The second-order valence-corrected chi connectivity index (χ2v) is 9.25. The third kappa shape index (κ3) is 4.06. The van der Waals surface area contributed by atoms with Gasteiger partial charge >= 0.3 is 0 Å². The minimum Gasteiger partial charge on any atom is -0.493 e. The molecule has 0 saturated heterocycles. The smallest absolute Gasteiger partial charge is 0.300 e. The zero-order valence-electron chi connectivity index (χ0n) is 16.9. The fourth-order valence-electron chi connectivity index (χ4n) is 3.45. The lowest BCUT2D eigenvalue weighted by Crippen LogP contribution is -2.00. The van der Waals surface area contributed by atoms with Crippen molar-refractivity contribution in [2.24, 2.45) is 9.63 Å². The van der Waals surface area contributed by atoms with E-state index in [-0.39, 0.29) is 16.5 Å². The highest BCUT2D eigenvalue weighted by Crippen LogP contribution is 2.40. The zero-order valence-corrected chi connectivity index (χ0v) is 18.5. The summed E-state index contributed by atoms with van der Waals surface area (Å²) in [6, 6.07) is 19.7. The summed E-state index contributed by atoms with van der Waals surface area (Å²) in [4.78, 5) is 0.0931. The van der Waals surface area contributed by atoms with Crippen molar-refractivity contribution in [3.8, 4) is 5.88 Å². The Kier molecular flexibility index (Phi) is 5.56. The molecule has 1 N–H and O–H groups in total. The fourth-order valence-corrected chi connectivity index (χ4v) is 4.73. The Balaban J connectivity index is 1.81. The quantitative estimate of drug-likeness (QED) is 0.368. The van der Waals surface area contributed by atoms with Crippen LogP contribution in [-0.4, -0.2) is 18.1 Å². The highest BCUT2D eigenvalue weighted by atomic mass is 35.5. The third-order valence-corrected chi connectivity index (χ3v) is 6.73. The molecular formula is C23H20ClN3O3S. The molecule has 0 amide bonds. The van der Waals surface area contributed by atoms with E-state index in [9.17, 15) is 13.5 Å². The van der Waals surface area contributed by atoms with Gasteiger partial charge in [0.2, 0.25) is 5.88 Å². The van der Waals surface area contributed by atoms with Crippen molar-refractivity contribution >= 4 is 38.2 Å². The van der Waals surface area contributed by atoms with Crippen molar-refractivity contribution in [3.05, 3.63) is 88.4 Å². The molecule has 0 bridgehead atoms. The topological polar surface area (TPSA) is 84.0 Å². The number of fused-ring (bicyclic) bond motifs is 1. The summed E-state index contributed by atoms with van der Waals surface area (Å²) in [7, 11) is -4.04. The number of aromatic nitrogens is 1. The number of para-hydroxylation sites is 1. The highest BCUT2D eigenvalue weighted by molar-refractivity contribution is 7.90. The molecule has 8 heteroatoms. The molecule has 3 aromatic carbocycles. The number of halogens is 1. The first-order chi connectivity index (χ1) is 14.8. The number of rotatable bonds is 5. The number of benzene rings is 3. The number of nitrogens with zero attached hydrogens (tertiary/aromatic N) is 3. The van der Waals surface area contributed by atoms with Gasteiger partial charge in [-0.05, 0) is 48.7 Å². The standard InChI is InChI=1S/C23H20ClN3O3S/c1-15-11-12-16(2)21(13-15)31(29,30)26-25-22-18-8-4-6-10-20(18)27(23(22)28)14-17-7-3-5-9-19(17)24/h3-13,28H,14H2,1-2H3. The van der Waals surface area contributed by atoms with Crippen molar-refractivity contribution in [3.63, 3.8) is 0 Å². The minimum atomic E-state index is -4.04. The van der Waals surface area contributed by atoms with Crippen LogP contribution in [0.2, 0.25) is 5.02 Å². The van der Waals surface area contributed by atoms with Crippen LogP contribution < -0.4 is 0 Å². The predicted molar refractivity (Wildman–Crippen MR) is 122 cm³/mol. The number of hydrogen-bond acceptors (Lipinski definition) is 4. The number of sulfonamides is 1. The van der Waals surface area contributed by atoms with Gasteiger partial charge in [-0.15, -0.1) is 5.11 Å². The monoisotopic (exact) mass is 453 g/mol. The minimum absolute atomic E-state index is 0.0931. The van der Waals surface area contributed by atoms with Crippen LogP contribution in [0.3, 0.4) is 0 Å². The molecule has 0 spiro atoms. The van der Waals surface area contributed by atoms with Gasteiger partial charge in [-0.2, -0.15) is 8.42 Å². The fraction of sp³-hybridized carbons (Fsp3) is 0.130. The second-order valence-electron chi connectivity index (χ2n) is 7.29. The summed E-state index contributed by atoms with van der Waals surface area (Å²) in [5, 5.41) is 16.0. The number of aryl methyl sites for hydroxylation is 2. The molecule has 158 valence electrons. The molecule has 1 heterocycles. The molecule has 0 unspecified atom stereocenters. The average molecular weight is 454 g/mol. The van der Waals surface area contributed by atoms with E-state index in [2.05, 4.69) is 9.63 Å². The lowest BCUT2D eigenvalue weighted by atomic mass is 10.2. The summed E-state index contributed by atoms with van der Waals surface area (Å²) < 4.78 is 30.9. The Hall–Kier alpha value is -3.16. The van der Waals surface area contributed by atoms with Crippen molar-refractivity contribution in [2.75, 3.05) is 0 Å². The van der Waals surface area contributed by atoms with E-state index in [0.717, 1.165) is 11.1 Å². The second kappa shape index (κ2) is 8.17. The number of hydrogen-bond donors (Lipinski definition) is 1. The first kappa shape index (κ1) is 21.1. The van der Waals surface area contributed by atoms with Crippen LogP contribution in [0.15, 0.2) is 81.3 Å². The van der Waals surface area contributed by atoms with Crippen LogP contribution >= 0.6 is 11.6 Å².